The molecule has 0 atom stereocenters. The van der Waals surface area contributed by atoms with Gasteiger partial charge in [0.05, 0.1) is 0 Å². The molecule has 0 fully saturated rings. The zero-order chi connectivity index (χ0) is 9.54. The van der Waals surface area contributed by atoms with Crippen molar-refractivity contribution in [3.63, 3.8) is 0 Å². The van der Waals surface area contributed by atoms with Crippen LogP contribution in [-0.2, 0) is 0 Å². The van der Waals surface area contributed by atoms with Gasteiger partial charge in [0.1, 0.15) is 0 Å². The Morgan fingerprint density at radius 3 is 1.18 bits per heavy atom. The lowest BCUT2D eigenvalue weighted by Gasteiger charge is -1.91. The van der Waals surface area contributed by atoms with Gasteiger partial charge in [0.2, 0.25) is 0 Å². The van der Waals surface area contributed by atoms with Crippen LogP contribution < -0.4 is 0 Å². The third-order valence-corrected chi connectivity index (χ3v) is 2.09. The smallest absolute Gasteiger partial charge is 0.00702 e. The molecule has 11 heavy (non-hydrogen) atoms. The maximum absolute atomic E-state index is 2.22. The Morgan fingerprint density at radius 2 is 1.00 bits per heavy atom. The van der Waals surface area contributed by atoms with Crippen molar-refractivity contribution in [2.45, 2.75) is 54.4 Å². The van der Waals surface area contributed by atoms with Gasteiger partial charge in [-0.1, -0.05) is 41.5 Å². The fourth-order valence-corrected chi connectivity index (χ4v) is 1.17. The van der Waals surface area contributed by atoms with Crippen LogP contribution in [0.2, 0.25) is 0 Å². The van der Waals surface area contributed by atoms with Gasteiger partial charge in [0, 0.05) is 0 Å². The van der Waals surface area contributed by atoms with Crippen molar-refractivity contribution in [2.75, 3.05) is 11.5 Å². The first-order valence-electron chi connectivity index (χ1n) is 4.99. The van der Waals surface area contributed by atoms with E-state index in [0.717, 1.165) is 0 Å². The maximum atomic E-state index is 2.22. The third kappa shape index (κ3) is 38.1. The van der Waals surface area contributed by atoms with Gasteiger partial charge in [0.15, 0.2) is 0 Å². The Bertz CT molecular complexity index is 24.1. The van der Waals surface area contributed by atoms with E-state index < -0.39 is 0 Å². The van der Waals surface area contributed by atoms with Crippen LogP contribution in [0.25, 0.3) is 0 Å². The van der Waals surface area contributed by atoms with Crippen molar-refractivity contribution in [2.24, 2.45) is 0 Å². The Hall–Kier alpha value is 0.350. The van der Waals surface area contributed by atoms with Gasteiger partial charge < -0.3 is 0 Å². The van der Waals surface area contributed by atoms with Crippen molar-refractivity contribution < 1.29 is 0 Å². The van der Waals surface area contributed by atoms with Gasteiger partial charge in [0.25, 0.3) is 0 Å². The first-order chi connectivity index (χ1) is 5.41. The van der Waals surface area contributed by atoms with Gasteiger partial charge in [-0.05, 0) is 24.3 Å². The largest absolute Gasteiger partial charge is 0.162 e. The molecular formula is C10H26S. The summed E-state index contributed by atoms with van der Waals surface area (Å²) in [4.78, 5) is 0. The summed E-state index contributed by atoms with van der Waals surface area (Å²) in [6, 6.07) is 0. The Balaban J connectivity index is -0.000000138. The standard InChI is InChI=1S/C6H14S.2C2H6/c1-3-5-7-6-4-2;2*1-2/h3-6H2,1-2H3;2*1-2H3. The topological polar surface area (TPSA) is 0 Å². The fourth-order valence-electron chi connectivity index (χ4n) is 0.391. The summed E-state index contributed by atoms with van der Waals surface area (Å²) >= 11 is 2.05. The highest BCUT2D eigenvalue weighted by Crippen LogP contribution is 2.02. The van der Waals surface area contributed by atoms with Crippen molar-refractivity contribution >= 4 is 11.8 Å². The van der Waals surface area contributed by atoms with Crippen molar-refractivity contribution in [1.82, 2.24) is 0 Å². The highest BCUT2D eigenvalue weighted by Gasteiger charge is 1.79. The zero-order valence-electron chi connectivity index (χ0n) is 9.24. The van der Waals surface area contributed by atoms with E-state index in [1.807, 2.05) is 27.7 Å². The molecule has 0 aromatic rings. The van der Waals surface area contributed by atoms with Crippen molar-refractivity contribution in [3.8, 4) is 0 Å². The first kappa shape index (κ1) is 17.4. The molecule has 0 amide bonds. The molecule has 0 saturated carbocycles. The molecule has 0 heterocycles. The summed E-state index contributed by atoms with van der Waals surface area (Å²) in [7, 11) is 0. The van der Waals surface area contributed by atoms with E-state index in [1.54, 1.807) is 0 Å². The van der Waals surface area contributed by atoms with Gasteiger partial charge in [-0.25, -0.2) is 0 Å². The molecule has 0 unspecified atom stereocenters. The highest BCUT2D eigenvalue weighted by atomic mass is 32.2. The molecule has 0 aliphatic heterocycles. The van der Waals surface area contributed by atoms with Crippen LogP contribution in [0.4, 0.5) is 0 Å². The monoisotopic (exact) mass is 178 g/mol. The molecule has 0 rings (SSSR count). The molecular weight excluding hydrogens is 152 g/mol. The van der Waals surface area contributed by atoms with Crippen LogP contribution in [-0.4, -0.2) is 11.5 Å². The van der Waals surface area contributed by atoms with E-state index >= 15 is 0 Å². The van der Waals surface area contributed by atoms with E-state index in [1.165, 1.54) is 24.3 Å². The summed E-state index contributed by atoms with van der Waals surface area (Å²) in [6.45, 7) is 12.4. The molecule has 0 N–H and O–H groups in total. The van der Waals surface area contributed by atoms with Crippen LogP contribution in [0.5, 0.6) is 0 Å². The van der Waals surface area contributed by atoms with Crippen LogP contribution >= 0.6 is 11.8 Å². The molecule has 72 valence electrons. The number of rotatable bonds is 4. The average molecular weight is 178 g/mol. The molecule has 0 radical (unpaired) electrons. The predicted molar refractivity (Wildman–Crippen MR) is 60.6 cm³/mol. The Kier molecular flexibility index (Phi) is 50.1. The second-order valence-electron chi connectivity index (χ2n) is 1.61. The summed E-state index contributed by atoms with van der Waals surface area (Å²) in [5.74, 6) is 2.68. The van der Waals surface area contributed by atoms with Crippen LogP contribution in [0.3, 0.4) is 0 Å². The summed E-state index contributed by atoms with van der Waals surface area (Å²) in [5, 5.41) is 0. The minimum atomic E-state index is 1.32. The molecule has 0 spiro atoms. The van der Waals surface area contributed by atoms with Gasteiger partial charge in [-0.2, -0.15) is 11.8 Å². The molecule has 0 aliphatic carbocycles. The molecule has 0 nitrogen and oxygen atoms in total. The van der Waals surface area contributed by atoms with E-state index in [9.17, 15) is 0 Å². The van der Waals surface area contributed by atoms with Gasteiger partial charge in [-0.15, -0.1) is 0 Å². The molecule has 0 saturated heterocycles. The number of hydrogen-bond acceptors (Lipinski definition) is 1. The number of hydrogen-bond donors (Lipinski definition) is 0. The summed E-state index contributed by atoms with van der Waals surface area (Å²) in [5.41, 5.74) is 0. The van der Waals surface area contributed by atoms with E-state index in [4.69, 9.17) is 0 Å². The average Bonchev–Trinajstić information content (AvgIpc) is 2.13. The second-order valence-corrected chi connectivity index (χ2v) is 2.84. The highest BCUT2D eigenvalue weighted by molar-refractivity contribution is 7.99. The van der Waals surface area contributed by atoms with Crippen molar-refractivity contribution in [1.29, 1.82) is 0 Å². The zero-order valence-corrected chi connectivity index (χ0v) is 10.1. The summed E-state index contributed by atoms with van der Waals surface area (Å²) in [6.07, 6.45) is 2.65. The molecule has 0 aromatic heterocycles. The summed E-state index contributed by atoms with van der Waals surface area (Å²) < 4.78 is 0. The minimum Gasteiger partial charge on any atom is -0.162 e. The second kappa shape index (κ2) is 31.6. The van der Waals surface area contributed by atoms with Crippen LogP contribution in [0.1, 0.15) is 54.4 Å². The lowest BCUT2D eigenvalue weighted by Crippen LogP contribution is -1.76. The molecule has 0 bridgehead atoms. The van der Waals surface area contributed by atoms with Crippen LogP contribution in [0.15, 0.2) is 0 Å². The van der Waals surface area contributed by atoms with Gasteiger partial charge >= 0.3 is 0 Å². The van der Waals surface area contributed by atoms with Crippen molar-refractivity contribution in [3.05, 3.63) is 0 Å². The van der Waals surface area contributed by atoms with Gasteiger partial charge in [-0.3, -0.25) is 0 Å². The number of thioether (sulfide) groups is 1. The van der Waals surface area contributed by atoms with E-state index in [0.29, 0.717) is 0 Å². The first-order valence-corrected chi connectivity index (χ1v) is 6.15. The maximum Gasteiger partial charge on any atom is -0.00702 e. The lowest BCUT2D eigenvalue weighted by molar-refractivity contribution is 1.07. The van der Waals surface area contributed by atoms with E-state index in [-0.39, 0.29) is 0 Å². The minimum absolute atomic E-state index is 1.32. The molecule has 0 aliphatic rings. The quantitative estimate of drug-likeness (QED) is 0.567. The Labute approximate surface area is 78.2 Å². The fraction of sp³-hybridized carbons (Fsp3) is 1.00. The molecule has 1 heteroatoms. The third-order valence-electron chi connectivity index (χ3n) is 0.697. The predicted octanol–water partition coefficient (Wildman–Crippen LogP) is 4.59. The molecule has 0 aromatic carbocycles. The lowest BCUT2D eigenvalue weighted by atomic mass is 10.6. The van der Waals surface area contributed by atoms with E-state index in [2.05, 4.69) is 25.6 Å². The normalized spacial score (nSPS) is 7.09. The SMILES string of the molecule is CC.CC.CCCSCCC. The van der Waals surface area contributed by atoms with Crippen LogP contribution in [0, 0.1) is 0 Å². The Morgan fingerprint density at radius 1 is 0.727 bits per heavy atom.